The Morgan fingerprint density at radius 2 is 2.54 bits per heavy atom. The molecule has 3 N–H and O–H groups in total. The largest absolute Gasteiger partial charge is 0.360 e. The van der Waals surface area contributed by atoms with Crippen LogP contribution in [0.2, 0.25) is 0 Å². The number of amides is 1. The Hall–Kier alpha value is -1.36. The van der Waals surface area contributed by atoms with E-state index in [1.165, 1.54) is 0 Å². The van der Waals surface area contributed by atoms with E-state index in [0.717, 1.165) is 0 Å². The van der Waals surface area contributed by atoms with Gasteiger partial charge in [0, 0.05) is 12.5 Å². The van der Waals surface area contributed by atoms with Crippen molar-refractivity contribution in [1.82, 2.24) is 5.16 Å². The maximum atomic E-state index is 11.1. The second-order valence-electron chi connectivity index (χ2n) is 2.76. The van der Waals surface area contributed by atoms with Crippen molar-refractivity contribution in [2.75, 3.05) is 11.9 Å². The first-order valence-electron chi connectivity index (χ1n) is 4.15. The third kappa shape index (κ3) is 3.25. The van der Waals surface area contributed by atoms with Crippen LogP contribution >= 0.6 is 0 Å². The molecule has 0 saturated heterocycles. The van der Waals surface area contributed by atoms with Crippen LogP contribution in [0.15, 0.2) is 10.6 Å². The van der Waals surface area contributed by atoms with Gasteiger partial charge in [-0.15, -0.1) is 0 Å². The average Bonchev–Trinajstić information content (AvgIpc) is 2.48. The molecule has 0 bridgehead atoms. The van der Waals surface area contributed by atoms with Gasteiger partial charge in [0.15, 0.2) is 5.82 Å². The van der Waals surface area contributed by atoms with Crippen molar-refractivity contribution in [1.29, 1.82) is 0 Å². The van der Waals surface area contributed by atoms with Crippen molar-refractivity contribution >= 4 is 11.7 Å². The zero-order chi connectivity index (χ0) is 9.68. The molecule has 0 spiro atoms. The summed E-state index contributed by atoms with van der Waals surface area (Å²) in [5.41, 5.74) is 5.26. The van der Waals surface area contributed by atoms with Crippen molar-refractivity contribution in [3.63, 3.8) is 0 Å². The summed E-state index contributed by atoms with van der Waals surface area (Å²) in [6.07, 6.45) is 1.10. The monoisotopic (exact) mass is 183 g/mol. The summed E-state index contributed by atoms with van der Waals surface area (Å²) in [5, 5.41) is 6.22. The number of hydrogen-bond acceptors (Lipinski definition) is 4. The van der Waals surface area contributed by atoms with Crippen LogP contribution in [-0.4, -0.2) is 17.6 Å². The highest BCUT2D eigenvalue weighted by Crippen LogP contribution is 2.07. The minimum Gasteiger partial charge on any atom is -0.360 e. The maximum absolute atomic E-state index is 11.1. The number of rotatable bonds is 4. The Balaban J connectivity index is 2.36. The normalized spacial score (nSPS) is 10.0. The number of aryl methyl sites for hydroxylation is 1. The van der Waals surface area contributed by atoms with E-state index in [4.69, 9.17) is 10.3 Å². The van der Waals surface area contributed by atoms with Gasteiger partial charge in [-0.3, -0.25) is 4.79 Å². The summed E-state index contributed by atoms with van der Waals surface area (Å²) >= 11 is 0. The number of hydrogen-bond donors (Lipinski definition) is 2. The van der Waals surface area contributed by atoms with Gasteiger partial charge in [0.2, 0.25) is 5.91 Å². The predicted octanol–water partition coefficient (Wildman–Crippen LogP) is 0.660. The Morgan fingerprint density at radius 3 is 3.08 bits per heavy atom. The fourth-order valence-corrected chi connectivity index (χ4v) is 0.893. The molecule has 1 aromatic rings. The summed E-state index contributed by atoms with van der Waals surface area (Å²) in [7, 11) is 0. The topological polar surface area (TPSA) is 81.2 Å². The number of carbonyl (C=O) groups is 1. The molecule has 1 amide bonds. The standard InChI is InChI=1S/C8H13N3O2/c1-6-5-7(11-13-6)10-8(12)3-2-4-9/h5H,2-4,9H2,1H3,(H,10,11,12). The van der Waals surface area contributed by atoms with Crippen LogP contribution in [0.4, 0.5) is 5.82 Å². The Labute approximate surface area is 76.3 Å². The van der Waals surface area contributed by atoms with Gasteiger partial charge in [-0.1, -0.05) is 5.16 Å². The van der Waals surface area contributed by atoms with Gasteiger partial charge in [-0.2, -0.15) is 0 Å². The van der Waals surface area contributed by atoms with E-state index in [0.29, 0.717) is 31.0 Å². The molecule has 13 heavy (non-hydrogen) atoms. The second kappa shape index (κ2) is 4.61. The molecule has 0 atom stereocenters. The van der Waals surface area contributed by atoms with Gasteiger partial charge in [-0.05, 0) is 19.9 Å². The lowest BCUT2D eigenvalue weighted by atomic mass is 10.3. The predicted molar refractivity (Wildman–Crippen MR) is 48.2 cm³/mol. The van der Waals surface area contributed by atoms with Gasteiger partial charge >= 0.3 is 0 Å². The van der Waals surface area contributed by atoms with Gasteiger partial charge in [0.1, 0.15) is 5.76 Å². The Bertz CT molecular complexity index is 283. The molecule has 0 aliphatic carbocycles. The van der Waals surface area contributed by atoms with Crippen LogP contribution in [0, 0.1) is 6.92 Å². The third-order valence-corrected chi connectivity index (χ3v) is 1.50. The van der Waals surface area contributed by atoms with Gasteiger partial charge in [-0.25, -0.2) is 0 Å². The molecule has 0 fully saturated rings. The Kier molecular flexibility index (Phi) is 3.45. The SMILES string of the molecule is Cc1cc(NC(=O)CCCN)no1. The first-order chi connectivity index (χ1) is 6.22. The zero-order valence-electron chi connectivity index (χ0n) is 7.54. The summed E-state index contributed by atoms with van der Waals surface area (Å²) < 4.78 is 4.78. The summed E-state index contributed by atoms with van der Waals surface area (Å²) in [6.45, 7) is 2.29. The molecule has 0 radical (unpaired) electrons. The average molecular weight is 183 g/mol. The van der Waals surface area contributed by atoms with Crippen molar-refractivity contribution < 1.29 is 9.32 Å². The van der Waals surface area contributed by atoms with Crippen molar-refractivity contribution in [3.05, 3.63) is 11.8 Å². The summed E-state index contributed by atoms with van der Waals surface area (Å²) in [4.78, 5) is 11.1. The zero-order valence-corrected chi connectivity index (χ0v) is 7.54. The van der Waals surface area contributed by atoms with Crippen LogP contribution in [0.5, 0.6) is 0 Å². The van der Waals surface area contributed by atoms with Crippen molar-refractivity contribution in [2.45, 2.75) is 19.8 Å². The fourth-order valence-electron chi connectivity index (χ4n) is 0.893. The number of carbonyl (C=O) groups excluding carboxylic acids is 1. The van der Waals surface area contributed by atoms with Gasteiger partial charge < -0.3 is 15.6 Å². The minimum atomic E-state index is -0.0845. The van der Waals surface area contributed by atoms with Crippen LogP contribution in [0.3, 0.4) is 0 Å². The van der Waals surface area contributed by atoms with Crippen molar-refractivity contribution in [2.24, 2.45) is 5.73 Å². The number of aromatic nitrogens is 1. The van der Waals surface area contributed by atoms with E-state index in [1.807, 2.05) is 0 Å². The number of nitrogens with zero attached hydrogens (tertiary/aromatic N) is 1. The van der Waals surface area contributed by atoms with E-state index in [1.54, 1.807) is 13.0 Å². The molecule has 0 aromatic carbocycles. The summed E-state index contributed by atoms with van der Waals surface area (Å²) in [6, 6.07) is 1.67. The molecule has 1 rings (SSSR count). The van der Waals surface area contributed by atoms with Gasteiger partial charge in [0.05, 0.1) is 0 Å². The van der Waals surface area contributed by atoms with E-state index >= 15 is 0 Å². The molecule has 0 unspecified atom stereocenters. The third-order valence-electron chi connectivity index (χ3n) is 1.50. The molecular formula is C8H13N3O2. The first kappa shape index (κ1) is 9.73. The number of anilines is 1. The van der Waals surface area contributed by atoms with Crippen LogP contribution in [0.1, 0.15) is 18.6 Å². The smallest absolute Gasteiger partial charge is 0.225 e. The number of nitrogens with one attached hydrogen (secondary N) is 1. The lowest BCUT2D eigenvalue weighted by Gasteiger charge is -1.98. The molecular weight excluding hydrogens is 170 g/mol. The molecule has 5 heteroatoms. The van der Waals surface area contributed by atoms with Gasteiger partial charge in [0.25, 0.3) is 0 Å². The highest BCUT2D eigenvalue weighted by atomic mass is 16.5. The molecule has 0 aliphatic rings. The Morgan fingerprint density at radius 1 is 1.77 bits per heavy atom. The second-order valence-corrected chi connectivity index (χ2v) is 2.76. The molecule has 0 aliphatic heterocycles. The lowest BCUT2D eigenvalue weighted by molar-refractivity contribution is -0.116. The van der Waals surface area contributed by atoms with Crippen LogP contribution in [-0.2, 0) is 4.79 Å². The number of nitrogens with two attached hydrogens (primary N) is 1. The lowest BCUT2D eigenvalue weighted by Crippen LogP contribution is -2.13. The molecule has 0 saturated carbocycles. The quantitative estimate of drug-likeness (QED) is 0.718. The van der Waals surface area contributed by atoms with Crippen molar-refractivity contribution in [3.8, 4) is 0 Å². The van der Waals surface area contributed by atoms with Crippen LogP contribution in [0.25, 0.3) is 0 Å². The summed E-state index contributed by atoms with van der Waals surface area (Å²) in [5.74, 6) is 1.05. The first-order valence-corrected chi connectivity index (χ1v) is 4.15. The fraction of sp³-hybridized carbons (Fsp3) is 0.500. The molecule has 5 nitrogen and oxygen atoms in total. The molecule has 1 aromatic heterocycles. The maximum Gasteiger partial charge on any atom is 0.225 e. The van der Waals surface area contributed by atoms with E-state index in [2.05, 4.69) is 10.5 Å². The molecule has 72 valence electrons. The van der Waals surface area contributed by atoms with Crippen LogP contribution < -0.4 is 11.1 Å². The minimum absolute atomic E-state index is 0.0845. The highest BCUT2D eigenvalue weighted by Gasteiger charge is 2.04. The highest BCUT2D eigenvalue weighted by molar-refractivity contribution is 5.89. The van der Waals surface area contributed by atoms with E-state index in [-0.39, 0.29) is 5.91 Å². The van der Waals surface area contributed by atoms with E-state index in [9.17, 15) is 4.79 Å². The molecule has 1 heterocycles. The van der Waals surface area contributed by atoms with E-state index < -0.39 is 0 Å².